The van der Waals surface area contributed by atoms with Gasteiger partial charge in [0.1, 0.15) is 11.6 Å². The van der Waals surface area contributed by atoms with Crippen molar-refractivity contribution in [3.05, 3.63) is 60.8 Å². The Balaban J connectivity index is 1.76. The van der Waals surface area contributed by atoms with E-state index in [1.165, 1.54) is 6.92 Å². The highest BCUT2D eigenvalue weighted by molar-refractivity contribution is 5.89. The Morgan fingerprint density at radius 1 is 1.04 bits per heavy atom. The van der Waals surface area contributed by atoms with E-state index in [0.29, 0.717) is 24.1 Å². The molecule has 27 heavy (non-hydrogen) atoms. The lowest BCUT2D eigenvalue weighted by Gasteiger charge is -2.12. The number of carbonyl (C=O) groups excluding carboxylic acids is 1. The van der Waals surface area contributed by atoms with Crippen LogP contribution in [0.25, 0.3) is 0 Å². The van der Waals surface area contributed by atoms with Gasteiger partial charge in [0.15, 0.2) is 0 Å². The van der Waals surface area contributed by atoms with Gasteiger partial charge in [0.25, 0.3) is 0 Å². The van der Waals surface area contributed by atoms with Crippen molar-refractivity contribution in [1.82, 2.24) is 9.97 Å². The van der Waals surface area contributed by atoms with Crippen molar-refractivity contribution >= 4 is 34.7 Å². The minimum atomic E-state index is -0.123. The number of anilines is 5. The molecule has 3 N–H and O–H groups in total. The normalized spacial score (nSPS) is 10.1. The Hall–Kier alpha value is -3.61. The van der Waals surface area contributed by atoms with Gasteiger partial charge in [0, 0.05) is 24.5 Å². The largest absolute Gasteiger partial charge is 0.492 e. The molecule has 1 heterocycles. The number of hydrogen-bond acceptors (Lipinski definition) is 6. The van der Waals surface area contributed by atoms with Gasteiger partial charge in [-0.15, -0.1) is 0 Å². The Bertz CT molecular complexity index is 930. The molecular weight excluding hydrogens is 342 g/mol. The summed E-state index contributed by atoms with van der Waals surface area (Å²) in [5.74, 6) is 1.71. The number of para-hydroxylation sites is 2. The molecule has 0 aliphatic heterocycles. The van der Waals surface area contributed by atoms with E-state index in [-0.39, 0.29) is 5.91 Å². The average molecular weight is 363 g/mol. The molecular formula is C20H21N5O2. The molecule has 0 spiro atoms. The molecule has 1 aromatic heterocycles. The fourth-order valence-corrected chi connectivity index (χ4v) is 2.48. The number of aromatic nitrogens is 2. The quantitative estimate of drug-likeness (QED) is 0.579. The van der Waals surface area contributed by atoms with E-state index in [1.807, 2.05) is 55.5 Å². The number of nitrogens with zero attached hydrogens (tertiary/aromatic N) is 2. The molecule has 0 unspecified atom stereocenters. The van der Waals surface area contributed by atoms with Crippen molar-refractivity contribution in [3.8, 4) is 5.75 Å². The van der Waals surface area contributed by atoms with Crippen LogP contribution in [0.4, 0.5) is 28.8 Å². The van der Waals surface area contributed by atoms with Gasteiger partial charge in [0.2, 0.25) is 11.9 Å². The summed E-state index contributed by atoms with van der Waals surface area (Å²) in [7, 11) is 0. The highest BCUT2D eigenvalue weighted by Crippen LogP contribution is 2.27. The Labute approximate surface area is 157 Å². The summed E-state index contributed by atoms with van der Waals surface area (Å²) in [5, 5.41) is 9.13. The lowest BCUT2D eigenvalue weighted by molar-refractivity contribution is -0.114. The van der Waals surface area contributed by atoms with Crippen molar-refractivity contribution in [2.45, 2.75) is 13.8 Å². The number of hydrogen-bond donors (Lipinski definition) is 3. The summed E-state index contributed by atoms with van der Waals surface area (Å²) in [4.78, 5) is 19.9. The summed E-state index contributed by atoms with van der Waals surface area (Å²) in [6.45, 7) is 4.00. The van der Waals surface area contributed by atoms with Crippen molar-refractivity contribution < 1.29 is 9.53 Å². The number of carbonyl (C=O) groups is 1. The monoisotopic (exact) mass is 363 g/mol. The molecule has 1 amide bonds. The standard InChI is InChI=1S/C20H21N5O2/c1-3-27-18-10-5-4-9-17(18)24-19-11-12-21-20(25-19)23-16-8-6-7-15(13-16)22-14(2)26/h4-13H,3H2,1-2H3,(H,22,26)(H2,21,23,24,25). The van der Waals surface area contributed by atoms with E-state index >= 15 is 0 Å². The number of nitrogens with one attached hydrogen (secondary N) is 3. The van der Waals surface area contributed by atoms with Crippen LogP contribution in [0.5, 0.6) is 5.75 Å². The van der Waals surface area contributed by atoms with Gasteiger partial charge in [-0.3, -0.25) is 4.79 Å². The van der Waals surface area contributed by atoms with Crippen molar-refractivity contribution in [2.75, 3.05) is 22.6 Å². The summed E-state index contributed by atoms with van der Waals surface area (Å²) < 4.78 is 5.62. The third-order valence-corrected chi connectivity index (χ3v) is 3.54. The summed E-state index contributed by atoms with van der Waals surface area (Å²) in [5.41, 5.74) is 2.30. The van der Waals surface area contributed by atoms with Gasteiger partial charge in [-0.25, -0.2) is 4.98 Å². The molecule has 0 aliphatic rings. The maximum Gasteiger partial charge on any atom is 0.229 e. The van der Waals surface area contributed by atoms with E-state index in [9.17, 15) is 4.79 Å². The summed E-state index contributed by atoms with van der Waals surface area (Å²) in [6, 6.07) is 16.8. The first kappa shape index (κ1) is 18.2. The van der Waals surface area contributed by atoms with E-state index in [0.717, 1.165) is 17.1 Å². The number of rotatable bonds is 7. The third-order valence-electron chi connectivity index (χ3n) is 3.54. The minimum Gasteiger partial charge on any atom is -0.492 e. The smallest absolute Gasteiger partial charge is 0.229 e. The van der Waals surface area contributed by atoms with Crippen LogP contribution in [0, 0.1) is 0 Å². The van der Waals surface area contributed by atoms with Gasteiger partial charge in [0.05, 0.1) is 12.3 Å². The molecule has 0 aliphatic carbocycles. The lowest BCUT2D eigenvalue weighted by atomic mass is 10.2. The zero-order chi connectivity index (χ0) is 19.1. The first-order valence-corrected chi connectivity index (χ1v) is 8.60. The molecule has 138 valence electrons. The van der Waals surface area contributed by atoms with Gasteiger partial charge in [-0.1, -0.05) is 18.2 Å². The summed E-state index contributed by atoms with van der Waals surface area (Å²) in [6.07, 6.45) is 1.67. The SMILES string of the molecule is CCOc1ccccc1Nc1ccnc(Nc2cccc(NC(C)=O)c2)n1. The highest BCUT2D eigenvalue weighted by Gasteiger charge is 2.06. The predicted molar refractivity (Wildman–Crippen MR) is 107 cm³/mol. The molecule has 0 fully saturated rings. The Morgan fingerprint density at radius 2 is 1.85 bits per heavy atom. The fourth-order valence-electron chi connectivity index (χ4n) is 2.48. The Morgan fingerprint density at radius 3 is 2.67 bits per heavy atom. The van der Waals surface area contributed by atoms with Crippen LogP contribution in [0.15, 0.2) is 60.8 Å². The van der Waals surface area contributed by atoms with Crippen LogP contribution in [0.1, 0.15) is 13.8 Å². The third kappa shape index (κ3) is 5.18. The molecule has 0 saturated carbocycles. The first-order chi connectivity index (χ1) is 13.1. The van der Waals surface area contributed by atoms with Gasteiger partial charge in [-0.05, 0) is 43.3 Å². The second-order valence-electron chi connectivity index (χ2n) is 5.71. The minimum absolute atomic E-state index is 0.123. The lowest BCUT2D eigenvalue weighted by Crippen LogP contribution is -2.06. The molecule has 0 radical (unpaired) electrons. The number of benzene rings is 2. The topological polar surface area (TPSA) is 88.2 Å². The second-order valence-corrected chi connectivity index (χ2v) is 5.71. The van der Waals surface area contributed by atoms with E-state index in [1.54, 1.807) is 12.3 Å². The van der Waals surface area contributed by atoms with Crippen molar-refractivity contribution in [3.63, 3.8) is 0 Å². The molecule has 0 bridgehead atoms. The zero-order valence-corrected chi connectivity index (χ0v) is 15.2. The first-order valence-electron chi connectivity index (χ1n) is 8.60. The van der Waals surface area contributed by atoms with Crippen LogP contribution >= 0.6 is 0 Å². The maximum atomic E-state index is 11.2. The molecule has 0 atom stereocenters. The van der Waals surface area contributed by atoms with Gasteiger partial charge >= 0.3 is 0 Å². The van der Waals surface area contributed by atoms with Crippen molar-refractivity contribution in [1.29, 1.82) is 0 Å². The number of amides is 1. The molecule has 0 saturated heterocycles. The molecule has 3 rings (SSSR count). The molecule has 3 aromatic rings. The van der Waals surface area contributed by atoms with E-state index < -0.39 is 0 Å². The number of ether oxygens (including phenoxy) is 1. The predicted octanol–water partition coefficient (Wildman–Crippen LogP) is 4.32. The highest BCUT2D eigenvalue weighted by atomic mass is 16.5. The van der Waals surface area contributed by atoms with Gasteiger partial charge in [-0.2, -0.15) is 4.98 Å². The van der Waals surface area contributed by atoms with E-state index in [2.05, 4.69) is 25.9 Å². The maximum absolute atomic E-state index is 11.2. The fraction of sp³-hybridized carbons (Fsp3) is 0.150. The van der Waals surface area contributed by atoms with Crippen molar-refractivity contribution in [2.24, 2.45) is 0 Å². The molecule has 2 aromatic carbocycles. The van der Waals surface area contributed by atoms with Crippen LogP contribution in [-0.4, -0.2) is 22.5 Å². The second kappa shape index (κ2) is 8.66. The van der Waals surface area contributed by atoms with Crippen LogP contribution in [0.3, 0.4) is 0 Å². The summed E-state index contributed by atoms with van der Waals surface area (Å²) >= 11 is 0. The van der Waals surface area contributed by atoms with Crippen LogP contribution in [-0.2, 0) is 4.79 Å². The Kier molecular flexibility index (Phi) is 5.84. The average Bonchev–Trinajstić information content (AvgIpc) is 2.64. The van der Waals surface area contributed by atoms with Gasteiger partial charge < -0.3 is 20.7 Å². The molecule has 7 heteroatoms. The van der Waals surface area contributed by atoms with Crippen LogP contribution < -0.4 is 20.7 Å². The zero-order valence-electron chi connectivity index (χ0n) is 15.2. The van der Waals surface area contributed by atoms with Crippen LogP contribution in [0.2, 0.25) is 0 Å². The molecule has 7 nitrogen and oxygen atoms in total. The van der Waals surface area contributed by atoms with E-state index in [4.69, 9.17) is 4.74 Å².